The molecule has 0 aliphatic heterocycles. The average molecular weight is 374 g/mol. The van der Waals surface area contributed by atoms with Crippen LogP contribution < -0.4 is 0 Å². The molecule has 0 aliphatic carbocycles. The molecule has 0 unspecified atom stereocenters. The van der Waals surface area contributed by atoms with Crippen LogP contribution in [0.2, 0.25) is 5.02 Å². The maximum Gasteiger partial charge on any atom is 0.191 e. The van der Waals surface area contributed by atoms with Crippen molar-refractivity contribution in [3.63, 3.8) is 0 Å². The fourth-order valence-corrected chi connectivity index (χ4v) is 3.66. The zero-order valence-corrected chi connectivity index (χ0v) is 15.6. The quantitative estimate of drug-likeness (QED) is 0.546. The highest BCUT2D eigenvalue weighted by atomic mass is 35.5. The summed E-state index contributed by atoms with van der Waals surface area (Å²) in [5, 5.41) is 10.5. The first kappa shape index (κ1) is 18.0. The summed E-state index contributed by atoms with van der Waals surface area (Å²) < 4.78 is 7.40. The molecule has 4 nitrogen and oxygen atoms in total. The lowest BCUT2D eigenvalue weighted by Crippen LogP contribution is -2.10. The molecule has 2 aromatic carbocycles. The van der Waals surface area contributed by atoms with E-state index in [0.717, 1.165) is 34.7 Å². The zero-order valence-electron chi connectivity index (χ0n) is 14.1. The smallest absolute Gasteiger partial charge is 0.191 e. The Morgan fingerprint density at radius 3 is 2.60 bits per heavy atom. The van der Waals surface area contributed by atoms with Gasteiger partial charge in [0.25, 0.3) is 0 Å². The van der Waals surface area contributed by atoms with Gasteiger partial charge >= 0.3 is 0 Å². The van der Waals surface area contributed by atoms with E-state index in [4.69, 9.17) is 16.3 Å². The maximum absolute atomic E-state index is 6.06. The van der Waals surface area contributed by atoms with Gasteiger partial charge in [-0.1, -0.05) is 65.8 Å². The van der Waals surface area contributed by atoms with Gasteiger partial charge in [-0.15, -0.1) is 10.2 Å². The number of halogens is 1. The summed E-state index contributed by atoms with van der Waals surface area (Å²) in [6, 6.07) is 18.2. The molecular weight excluding hydrogens is 354 g/mol. The molecule has 3 rings (SSSR count). The van der Waals surface area contributed by atoms with Gasteiger partial charge in [0.15, 0.2) is 5.16 Å². The Labute approximate surface area is 157 Å². The number of aromatic nitrogens is 3. The Bertz CT molecular complexity index is 807. The van der Waals surface area contributed by atoms with Crippen molar-refractivity contribution >= 4 is 23.4 Å². The van der Waals surface area contributed by atoms with Gasteiger partial charge in [0.2, 0.25) is 0 Å². The molecule has 6 heteroatoms. The maximum atomic E-state index is 6.06. The molecule has 130 valence electrons. The first-order chi connectivity index (χ1) is 12.3. The monoisotopic (exact) mass is 373 g/mol. The highest BCUT2D eigenvalue weighted by molar-refractivity contribution is 7.98. The van der Waals surface area contributed by atoms with Crippen LogP contribution in [0.25, 0.3) is 0 Å². The van der Waals surface area contributed by atoms with Crippen molar-refractivity contribution in [3.8, 4) is 0 Å². The second kappa shape index (κ2) is 9.04. The molecule has 0 fully saturated rings. The molecule has 0 spiro atoms. The lowest BCUT2D eigenvalue weighted by atomic mass is 10.1. The Hall–Kier alpha value is -1.82. The van der Waals surface area contributed by atoms with E-state index in [9.17, 15) is 0 Å². The Morgan fingerprint density at radius 2 is 1.84 bits per heavy atom. The lowest BCUT2D eigenvalue weighted by molar-refractivity contribution is 0.184. The van der Waals surface area contributed by atoms with Crippen molar-refractivity contribution in [1.82, 2.24) is 14.8 Å². The number of hydrogen-bond acceptors (Lipinski definition) is 4. The Kier molecular flexibility index (Phi) is 6.50. The second-order valence-electron chi connectivity index (χ2n) is 5.62. The Morgan fingerprint density at radius 1 is 1.04 bits per heavy atom. The third-order valence-electron chi connectivity index (χ3n) is 3.77. The van der Waals surface area contributed by atoms with Crippen LogP contribution >= 0.6 is 23.4 Å². The third-order valence-corrected chi connectivity index (χ3v) is 5.05. The van der Waals surface area contributed by atoms with Gasteiger partial charge in [-0.3, -0.25) is 0 Å². The largest absolute Gasteiger partial charge is 0.383 e. The summed E-state index contributed by atoms with van der Waals surface area (Å²) in [5.74, 6) is 1.76. The van der Waals surface area contributed by atoms with Gasteiger partial charge in [-0.05, 0) is 23.3 Å². The predicted octanol–water partition coefficient (Wildman–Crippen LogP) is 4.46. The van der Waals surface area contributed by atoms with E-state index < -0.39 is 0 Å². The summed E-state index contributed by atoms with van der Waals surface area (Å²) in [5.41, 5.74) is 2.39. The highest BCUT2D eigenvalue weighted by Gasteiger charge is 2.13. The van der Waals surface area contributed by atoms with Crippen molar-refractivity contribution in [3.05, 3.63) is 76.6 Å². The van der Waals surface area contributed by atoms with E-state index >= 15 is 0 Å². The molecule has 0 atom stereocenters. The van der Waals surface area contributed by atoms with Crippen molar-refractivity contribution in [1.29, 1.82) is 0 Å². The van der Waals surface area contributed by atoms with Crippen LogP contribution in [0.4, 0.5) is 0 Å². The van der Waals surface area contributed by atoms with E-state index in [1.54, 1.807) is 18.9 Å². The number of nitrogens with zero attached hydrogens (tertiary/aromatic N) is 3. The summed E-state index contributed by atoms with van der Waals surface area (Å²) in [7, 11) is 1.71. The molecular formula is C19H20ClN3OS. The molecule has 3 aromatic rings. The molecule has 0 amide bonds. The fourth-order valence-electron chi connectivity index (χ4n) is 2.52. The van der Waals surface area contributed by atoms with Crippen molar-refractivity contribution in [2.45, 2.75) is 23.9 Å². The normalized spacial score (nSPS) is 11.0. The molecule has 1 aromatic heterocycles. The first-order valence-corrected chi connectivity index (χ1v) is 9.45. The number of ether oxygens (including phenoxy) is 1. The van der Waals surface area contributed by atoms with Crippen LogP contribution in [0.1, 0.15) is 17.0 Å². The zero-order chi connectivity index (χ0) is 17.5. The van der Waals surface area contributed by atoms with Crippen LogP contribution in [0, 0.1) is 0 Å². The van der Waals surface area contributed by atoms with E-state index in [1.165, 1.54) is 11.1 Å². The molecule has 0 radical (unpaired) electrons. The Balaban J connectivity index is 1.76. The van der Waals surface area contributed by atoms with Gasteiger partial charge in [0.05, 0.1) is 6.61 Å². The highest BCUT2D eigenvalue weighted by Crippen LogP contribution is 2.24. The van der Waals surface area contributed by atoms with Crippen LogP contribution in [0.15, 0.2) is 59.8 Å². The lowest BCUT2D eigenvalue weighted by Gasteiger charge is -2.10. The summed E-state index contributed by atoms with van der Waals surface area (Å²) >= 11 is 7.73. The van der Waals surface area contributed by atoms with Gasteiger partial charge in [-0.2, -0.15) is 0 Å². The van der Waals surface area contributed by atoms with Crippen LogP contribution in [0.3, 0.4) is 0 Å². The van der Waals surface area contributed by atoms with Gasteiger partial charge < -0.3 is 9.30 Å². The molecule has 25 heavy (non-hydrogen) atoms. The predicted molar refractivity (Wildman–Crippen MR) is 102 cm³/mol. The van der Waals surface area contributed by atoms with Crippen LogP contribution in [-0.4, -0.2) is 28.5 Å². The standard InChI is InChI=1S/C19H20ClN3OS/c1-24-11-10-23-18(13-15-6-3-2-4-7-15)21-22-19(23)25-14-16-8-5-9-17(20)12-16/h2-9,12H,10-11,13-14H2,1H3. The van der Waals surface area contributed by atoms with Gasteiger partial charge in [0, 0.05) is 30.9 Å². The minimum atomic E-state index is 0.630. The molecule has 0 bridgehead atoms. The molecule has 0 saturated carbocycles. The minimum Gasteiger partial charge on any atom is -0.383 e. The number of methoxy groups -OCH3 is 1. The van der Waals surface area contributed by atoms with Gasteiger partial charge in [0.1, 0.15) is 5.82 Å². The van der Waals surface area contributed by atoms with E-state index in [-0.39, 0.29) is 0 Å². The van der Waals surface area contributed by atoms with E-state index in [0.29, 0.717) is 6.61 Å². The number of rotatable bonds is 8. The number of hydrogen-bond donors (Lipinski definition) is 0. The second-order valence-corrected chi connectivity index (χ2v) is 7.00. The van der Waals surface area contributed by atoms with E-state index in [1.807, 2.05) is 36.4 Å². The average Bonchev–Trinajstić information content (AvgIpc) is 3.00. The molecule has 0 saturated heterocycles. The van der Waals surface area contributed by atoms with Gasteiger partial charge in [-0.25, -0.2) is 0 Å². The van der Waals surface area contributed by atoms with Crippen molar-refractivity contribution in [2.24, 2.45) is 0 Å². The number of benzene rings is 2. The van der Waals surface area contributed by atoms with Crippen LogP contribution in [0.5, 0.6) is 0 Å². The molecule has 0 aliphatic rings. The fraction of sp³-hybridized carbons (Fsp3) is 0.263. The summed E-state index contributed by atoms with van der Waals surface area (Å²) in [6.45, 7) is 1.37. The van der Waals surface area contributed by atoms with Crippen LogP contribution in [-0.2, 0) is 23.5 Å². The molecule has 0 N–H and O–H groups in total. The minimum absolute atomic E-state index is 0.630. The SMILES string of the molecule is COCCn1c(Cc2ccccc2)nnc1SCc1cccc(Cl)c1. The summed E-state index contributed by atoms with van der Waals surface area (Å²) in [4.78, 5) is 0. The third kappa shape index (κ3) is 5.08. The van der Waals surface area contributed by atoms with E-state index in [2.05, 4.69) is 33.0 Å². The number of thioether (sulfide) groups is 1. The first-order valence-electron chi connectivity index (χ1n) is 8.08. The topological polar surface area (TPSA) is 39.9 Å². The molecule has 1 heterocycles. The van der Waals surface area contributed by atoms with Crippen molar-refractivity contribution < 1.29 is 4.74 Å². The van der Waals surface area contributed by atoms with Crippen molar-refractivity contribution in [2.75, 3.05) is 13.7 Å². The summed E-state index contributed by atoms with van der Waals surface area (Å²) in [6.07, 6.45) is 0.759.